The molecule has 55 heavy (non-hydrogen) atoms. The molecule has 18 heteroatoms. The van der Waals surface area contributed by atoms with Gasteiger partial charge in [-0.2, -0.15) is 0 Å². The third kappa shape index (κ3) is 12.8. The van der Waals surface area contributed by atoms with Gasteiger partial charge in [-0.1, -0.05) is 25.5 Å². The molecule has 1 saturated carbocycles. The molecule has 0 aliphatic heterocycles. The molecule has 0 saturated heterocycles. The number of benzene rings is 2. The number of likely N-dealkylation sites (N-methyl/N-ethyl adjacent to an activating group) is 4. The predicted molar refractivity (Wildman–Crippen MR) is 230 cm³/mol. The summed E-state index contributed by atoms with van der Waals surface area (Å²) in [6.07, 6.45) is 10.1. The Morgan fingerprint density at radius 2 is 1.22 bits per heavy atom. The van der Waals surface area contributed by atoms with Crippen LogP contribution in [-0.2, 0) is 10.7 Å². The first-order chi connectivity index (χ1) is 24.9. The number of aromatic nitrogens is 2. The second kappa shape index (κ2) is 16.5. The van der Waals surface area contributed by atoms with Crippen LogP contribution < -0.4 is 0 Å². The van der Waals surface area contributed by atoms with Gasteiger partial charge in [-0.3, -0.25) is 0 Å². The number of hydrogen-bond acceptors (Lipinski definition) is 5. The Morgan fingerprint density at radius 3 is 1.62 bits per heavy atom. The minimum atomic E-state index is -9.70. The first-order valence-electron chi connectivity index (χ1n) is 17.8. The van der Waals surface area contributed by atoms with Crippen molar-refractivity contribution < 1.29 is 19.4 Å². The topological polar surface area (TPSA) is 22.8 Å². The van der Waals surface area contributed by atoms with Crippen LogP contribution in [0.2, 0.25) is 0 Å². The molecule has 2 atom stereocenters. The molecule has 292 valence electrons. The fraction of sp³-hybridized carbons (Fsp3) is 0.514. The highest BCUT2D eigenvalue weighted by Crippen LogP contribution is 3.02. The van der Waals surface area contributed by atoms with E-state index in [4.69, 9.17) is 39.2 Å². The van der Waals surface area contributed by atoms with E-state index in [2.05, 4.69) is 36.1 Å². The highest BCUT2D eigenvalue weighted by Gasteiger charge is 2.65. The Morgan fingerprint density at radius 1 is 0.764 bits per heavy atom. The highest BCUT2D eigenvalue weighted by molar-refractivity contribution is 8.45. The van der Waals surface area contributed by atoms with E-state index in [0.717, 1.165) is 16.8 Å². The van der Waals surface area contributed by atoms with Crippen molar-refractivity contribution in [1.29, 1.82) is 0 Å². The van der Waals surface area contributed by atoms with Crippen molar-refractivity contribution in [3.63, 3.8) is 0 Å². The fourth-order valence-electron chi connectivity index (χ4n) is 6.03. The SMILES string of the molecule is [B]C(C)([C@@H](C)N(C)C)N(C)/C=C\C.[B]C([B])(CN(C)C)n1ccc2cc(S(F)(F)(F)(F)F)ccc21.[B]C([B])(CN(C)C)n1ccc2cc(SC3CC3)ccc21. The second-order valence-corrected chi connectivity index (χ2v) is 19.3. The molecule has 1 aliphatic rings. The maximum absolute atomic E-state index is 12.8. The van der Waals surface area contributed by atoms with Gasteiger partial charge in [0, 0.05) is 76.0 Å². The van der Waals surface area contributed by atoms with E-state index >= 15 is 0 Å². The van der Waals surface area contributed by atoms with Crippen LogP contribution in [0.3, 0.4) is 0 Å². The minimum Gasteiger partial charge on any atom is -0.382 e. The van der Waals surface area contributed by atoms with Crippen LogP contribution >= 0.6 is 22.0 Å². The maximum Gasteiger partial charge on any atom is 0.310 e. The molecule has 1 aliphatic carbocycles. The van der Waals surface area contributed by atoms with Crippen molar-refractivity contribution in [3.05, 3.63) is 73.2 Å². The van der Waals surface area contributed by atoms with Crippen molar-refractivity contribution in [2.75, 3.05) is 62.4 Å². The van der Waals surface area contributed by atoms with Gasteiger partial charge in [0.25, 0.3) is 0 Å². The lowest BCUT2D eigenvalue weighted by molar-refractivity contribution is 0.158. The van der Waals surface area contributed by atoms with E-state index < -0.39 is 25.8 Å². The molecule has 0 bridgehead atoms. The summed E-state index contributed by atoms with van der Waals surface area (Å²) in [5, 5.41) is -0.261. The Balaban J connectivity index is 0.000000230. The van der Waals surface area contributed by atoms with E-state index in [1.165, 1.54) is 40.0 Å². The van der Waals surface area contributed by atoms with Crippen LogP contribution in [0.5, 0.6) is 0 Å². The molecule has 0 N–H and O–H groups in total. The summed E-state index contributed by atoms with van der Waals surface area (Å²) in [7, 11) is 34.5. The molecule has 10 radical (unpaired) electrons. The monoisotopic (exact) mass is 794 g/mol. The lowest BCUT2D eigenvalue weighted by atomic mass is 9.61. The van der Waals surface area contributed by atoms with E-state index in [1.54, 1.807) is 19.0 Å². The first kappa shape index (κ1) is 47.0. The Hall–Kier alpha value is -2.39. The number of thioether (sulfide) groups is 1. The third-order valence-electron chi connectivity index (χ3n) is 9.39. The summed E-state index contributed by atoms with van der Waals surface area (Å²) >= 11 is 1.97. The molecule has 0 spiro atoms. The van der Waals surface area contributed by atoms with Crippen LogP contribution in [0.4, 0.5) is 19.4 Å². The lowest BCUT2D eigenvalue weighted by Crippen LogP contribution is -2.55. The summed E-state index contributed by atoms with van der Waals surface area (Å²) in [5.74, 6) is 0. The molecule has 1 fully saturated rings. The van der Waals surface area contributed by atoms with E-state index in [0.29, 0.717) is 24.7 Å². The van der Waals surface area contributed by atoms with Gasteiger partial charge in [0.1, 0.15) is 12.7 Å². The molecule has 0 amide bonds. The highest BCUT2D eigenvalue weighted by atomic mass is 32.5. The van der Waals surface area contributed by atoms with E-state index in [9.17, 15) is 19.4 Å². The third-order valence-corrected chi connectivity index (χ3v) is 11.9. The van der Waals surface area contributed by atoms with Crippen LogP contribution in [-0.4, -0.2) is 147 Å². The summed E-state index contributed by atoms with van der Waals surface area (Å²) in [4.78, 5) is 7.28. The standard InChI is InChI=1S/C15H18B2N2S.C12H13B2F5N2S.C10H21BN2/c1-18(2)10-15(16,17)19-8-7-11-9-13(5-6-14(11)19)20-12-3-4-12;1-20(2)8-12(13,14)21-6-5-9-7-10(3-4-11(9)21)22(15,16,17,18)19;1-7-8-13(6)10(3,11)9(2)12(4)5/h5-9,12H,3-4,10H2,1-2H3;3-7H,8H2,1-2H3;7-9H,1-6H3/b;;8-7-/t;;9-,10?/m..1/s1. The first-order valence-corrected chi connectivity index (χ1v) is 20.6. The summed E-state index contributed by atoms with van der Waals surface area (Å²) in [5.41, 5.74) is 1.00. The molecule has 2 aromatic heterocycles. The average molecular weight is 794 g/mol. The van der Waals surface area contributed by atoms with Gasteiger partial charge in [0.2, 0.25) is 0 Å². The fourth-order valence-corrected chi connectivity index (χ4v) is 7.80. The summed E-state index contributed by atoms with van der Waals surface area (Å²) in [6.45, 7) is 6.96. The number of fused-ring (bicyclic) bond motifs is 2. The molecule has 6 nitrogen and oxygen atoms in total. The molecule has 2 aromatic carbocycles. The number of halogens is 5. The van der Waals surface area contributed by atoms with Crippen LogP contribution in [0, 0.1) is 0 Å². The Labute approximate surface area is 336 Å². The summed E-state index contributed by atoms with van der Waals surface area (Å²) in [6, 6.07) is 11.9. The molecule has 2 heterocycles. The number of nitrogens with zero attached hydrogens (tertiary/aromatic N) is 6. The van der Waals surface area contributed by atoms with Crippen LogP contribution in [0.1, 0.15) is 33.6 Å². The number of rotatable bonds is 13. The van der Waals surface area contributed by atoms with Gasteiger partial charge in [0.05, 0.1) is 31.4 Å². The Bertz CT molecular complexity index is 1930. The summed E-state index contributed by atoms with van der Waals surface area (Å²) < 4.78 is 67.5. The van der Waals surface area contributed by atoms with Gasteiger partial charge in [-0.05, 0) is 141 Å². The van der Waals surface area contributed by atoms with Gasteiger partial charge < -0.3 is 28.7 Å². The Kier molecular flexibility index (Phi) is 14.1. The van der Waals surface area contributed by atoms with E-state index in [1.807, 2.05) is 93.7 Å². The van der Waals surface area contributed by atoms with Crippen molar-refractivity contribution in [2.45, 2.75) is 70.8 Å². The molecule has 1 unspecified atom stereocenters. The smallest absolute Gasteiger partial charge is 0.310 e. The second-order valence-electron chi connectivity index (χ2n) is 15.5. The van der Waals surface area contributed by atoms with Gasteiger partial charge >= 0.3 is 10.2 Å². The van der Waals surface area contributed by atoms with Crippen LogP contribution in [0.25, 0.3) is 21.8 Å². The zero-order valence-corrected chi connectivity index (χ0v) is 35.3. The predicted octanol–water partition coefficient (Wildman–Crippen LogP) is 7.50. The largest absolute Gasteiger partial charge is 0.382 e. The van der Waals surface area contributed by atoms with Crippen molar-refractivity contribution in [1.82, 2.24) is 28.7 Å². The molecular formula is C37H52B5F5N6S2. The maximum atomic E-state index is 12.8. The lowest BCUT2D eigenvalue weighted by Gasteiger charge is -2.43. The van der Waals surface area contributed by atoms with Crippen molar-refractivity contribution >= 4 is 83.0 Å². The zero-order chi connectivity index (χ0) is 42.0. The average Bonchev–Trinajstić information content (AvgIpc) is 3.55. The molecule has 4 aromatic rings. The van der Waals surface area contributed by atoms with Crippen molar-refractivity contribution in [3.8, 4) is 0 Å². The van der Waals surface area contributed by atoms with Crippen molar-refractivity contribution in [2.24, 2.45) is 0 Å². The normalized spacial score (nSPS) is 17.1. The van der Waals surface area contributed by atoms with Crippen LogP contribution in [0.15, 0.2) is 83.0 Å². The number of hydrogen-bond donors (Lipinski definition) is 0. The minimum absolute atomic E-state index is 0.00946. The molecule has 5 rings (SSSR count). The van der Waals surface area contributed by atoms with E-state index in [-0.39, 0.29) is 22.9 Å². The van der Waals surface area contributed by atoms with Gasteiger partial charge in [-0.15, -0.1) is 11.8 Å². The molecular weight excluding hydrogens is 742 g/mol. The van der Waals surface area contributed by atoms with Gasteiger partial charge in [-0.25, -0.2) is 0 Å². The zero-order valence-electron chi connectivity index (χ0n) is 33.7. The number of allylic oxidation sites excluding steroid dienone is 1. The quantitative estimate of drug-likeness (QED) is 0.103. The van der Waals surface area contributed by atoms with Gasteiger partial charge in [0.15, 0.2) is 0 Å².